The Hall–Kier alpha value is -1.15. The van der Waals surface area contributed by atoms with Crippen LogP contribution in [-0.2, 0) is 16.6 Å². The number of hydrogen-bond donors (Lipinski definition) is 2. The van der Waals surface area contributed by atoms with E-state index in [9.17, 15) is 8.42 Å². The topological polar surface area (TPSA) is 85.3 Å². The van der Waals surface area contributed by atoms with Gasteiger partial charge in [0.25, 0.3) is 0 Å². The second-order valence-corrected chi connectivity index (χ2v) is 6.77. The number of rotatable bonds is 5. The van der Waals surface area contributed by atoms with Crippen LogP contribution in [0.4, 0.5) is 0 Å². The Kier molecular flexibility index (Phi) is 4.64. The van der Waals surface area contributed by atoms with Gasteiger partial charge in [-0.15, -0.1) is 0 Å². The average Bonchev–Trinajstić information content (AvgIpc) is 2.81. The summed E-state index contributed by atoms with van der Waals surface area (Å²) in [6.07, 6.45) is 0. The molecule has 1 heterocycles. The maximum absolute atomic E-state index is 11.2. The van der Waals surface area contributed by atoms with Crippen molar-refractivity contribution in [3.63, 3.8) is 0 Å². The highest BCUT2D eigenvalue weighted by Crippen LogP contribution is 2.18. The summed E-state index contributed by atoms with van der Waals surface area (Å²) in [4.78, 5) is 0.114. The van der Waals surface area contributed by atoms with Gasteiger partial charge in [-0.05, 0) is 52.7 Å². The fraction of sp³-hybridized carbons (Fsp3) is 0.231. The molecule has 0 aliphatic heterocycles. The minimum Gasteiger partial charge on any atom is -0.453 e. The van der Waals surface area contributed by atoms with Gasteiger partial charge in [0.1, 0.15) is 5.76 Å². The van der Waals surface area contributed by atoms with Crippen LogP contribution in [0.25, 0.3) is 0 Å². The van der Waals surface area contributed by atoms with E-state index >= 15 is 0 Å². The number of hydrogen-bond acceptors (Lipinski definition) is 4. The van der Waals surface area contributed by atoms with Gasteiger partial charge >= 0.3 is 0 Å². The van der Waals surface area contributed by atoms with Crippen molar-refractivity contribution in [3.05, 3.63) is 52.4 Å². The van der Waals surface area contributed by atoms with Crippen molar-refractivity contribution in [1.29, 1.82) is 0 Å². The normalized spacial score (nSPS) is 13.3. The third kappa shape index (κ3) is 3.92. The highest BCUT2D eigenvalue weighted by Gasteiger charge is 2.10. The molecular weight excluding hydrogens is 344 g/mol. The summed E-state index contributed by atoms with van der Waals surface area (Å²) < 4.78 is 28.4. The van der Waals surface area contributed by atoms with Gasteiger partial charge in [0.05, 0.1) is 11.4 Å². The van der Waals surface area contributed by atoms with Crippen molar-refractivity contribution < 1.29 is 12.8 Å². The number of benzene rings is 1. The van der Waals surface area contributed by atoms with Crippen molar-refractivity contribution in [1.82, 2.24) is 5.32 Å². The number of sulfonamides is 1. The number of nitrogens with one attached hydrogen (secondary N) is 1. The van der Waals surface area contributed by atoms with E-state index in [0.29, 0.717) is 11.2 Å². The van der Waals surface area contributed by atoms with Crippen LogP contribution in [0.5, 0.6) is 0 Å². The SMILES string of the molecule is CC(NCc1ccc(Br)o1)c1ccc(S(N)(=O)=O)cc1. The van der Waals surface area contributed by atoms with Crippen LogP contribution in [0.2, 0.25) is 0 Å². The first kappa shape index (κ1) is 15.2. The molecule has 108 valence electrons. The minimum atomic E-state index is -3.64. The van der Waals surface area contributed by atoms with Crippen LogP contribution in [0.15, 0.2) is 50.4 Å². The zero-order chi connectivity index (χ0) is 14.8. The van der Waals surface area contributed by atoms with E-state index in [1.807, 2.05) is 19.1 Å². The molecule has 2 aromatic rings. The van der Waals surface area contributed by atoms with E-state index in [1.165, 1.54) is 12.1 Å². The molecule has 1 unspecified atom stereocenters. The van der Waals surface area contributed by atoms with Crippen molar-refractivity contribution in [2.24, 2.45) is 5.14 Å². The van der Waals surface area contributed by atoms with Gasteiger partial charge in [-0.1, -0.05) is 12.1 Å². The fourth-order valence-electron chi connectivity index (χ4n) is 1.76. The average molecular weight is 359 g/mol. The van der Waals surface area contributed by atoms with E-state index in [0.717, 1.165) is 11.3 Å². The van der Waals surface area contributed by atoms with E-state index in [2.05, 4.69) is 21.2 Å². The Morgan fingerprint density at radius 2 is 1.90 bits per heavy atom. The predicted octanol–water partition coefficient (Wildman–Crippen LogP) is 2.54. The predicted molar refractivity (Wildman–Crippen MR) is 79.5 cm³/mol. The number of primary sulfonamides is 1. The lowest BCUT2D eigenvalue weighted by molar-refractivity contribution is 0.447. The third-order valence-electron chi connectivity index (χ3n) is 2.92. The van der Waals surface area contributed by atoms with Crippen LogP contribution >= 0.6 is 15.9 Å². The molecule has 0 saturated carbocycles. The van der Waals surface area contributed by atoms with Gasteiger partial charge in [-0.3, -0.25) is 0 Å². The minimum absolute atomic E-state index is 0.0633. The second kappa shape index (κ2) is 6.09. The molecule has 3 N–H and O–H groups in total. The Morgan fingerprint density at radius 3 is 2.40 bits per heavy atom. The molecule has 0 saturated heterocycles. The molecule has 1 atom stereocenters. The lowest BCUT2D eigenvalue weighted by atomic mass is 10.1. The largest absolute Gasteiger partial charge is 0.453 e. The monoisotopic (exact) mass is 358 g/mol. The van der Waals surface area contributed by atoms with Gasteiger partial charge < -0.3 is 9.73 Å². The molecule has 0 bridgehead atoms. The van der Waals surface area contributed by atoms with Gasteiger partial charge in [-0.2, -0.15) is 0 Å². The van der Waals surface area contributed by atoms with Gasteiger partial charge in [0.2, 0.25) is 10.0 Å². The van der Waals surface area contributed by atoms with Gasteiger partial charge in [0.15, 0.2) is 4.67 Å². The van der Waals surface area contributed by atoms with E-state index in [-0.39, 0.29) is 10.9 Å². The Balaban J connectivity index is 2.00. The molecule has 1 aromatic heterocycles. The van der Waals surface area contributed by atoms with Crippen LogP contribution < -0.4 is 10.5 Å². The first-order valence-electron chi connectivity index (χ1n) is 5.96. The number of halogens is 1. The molecule has 1 aromatic carbocycles. The summed E-state index contributed by atoms with van der Waals surface area (Å²) in [5.41, 5.74) is 0.975. The standard InChI is InChI=1S/C13H15BrN2O3S/c1-9(16-8-11-4-7-13(14)19-11)10-2-5-12(6-3-10)20(15,17)18/h2-7,9,16H,8H2,1H3,(H2,15,17,18). The van der Waals surface area contributed by atoms with Crippen LogP contribution in [0, 0.1) is 0 Å². The van der Waals surface area contributed by atoms with E-state index < -0.39 is 10.0 Å². The van der Waals surface area contributed by atoms with Crippen molar-refractivity contribution >= 4 is 26.0 Å². The molecule has 20 heavy (non-hydrogen) atoms. The summed E-state index contributed by atoms with van der Waals surface area (Å²) in [6.45, 7) is 2.58. The molecule has 0 amide bonds. The zero-order valence-corrected chi connectivity index (χ0v) is 13.2. The second-order valence-electron chi connectivity index (χ2n) is 4.42. The Bertz CT molecular complexity index is 680. The molecule has 5 nitrogen and oxygen atoms in total. The number of furan rings is 1. The van der Waals surface area contributed by atoms with E-state index in [4.69, 9.17) is 9.56 Å². The molecule has 0 radical (unpaired) electrons. The fourth-order valence-corrected chi connectivity index (χ4v) is 2.62. The van der Waals surface area contributed by atoms with E-state index in [1.54, 1.807) is 12.1 Å². The first-order chi connectivity index (χ1) is 9.36. The zero-order valence-electron chi connectivity index (χ0n) is 10.8. The quantitative estimate of drug-likeness (QED) is 0.859. The van der Waals surface area contributed by atoms with Crippen molar-refractivity contribution in [2.75, 3.05) is 0 Å². The first-order valence-corrected chi connectivity index (χ1v) is 8.30. The molecular formula is C13H15BrN2O3S. The summed E-state index contributed by atoms with van der Waals surface area (Å²) in [6, 6.07) is 10.3. The molecule has 7 heteroatoms. The third-order valence-corrected chi connectivity index (χ3v) is 4.28. The highest BCUT2D eigenvalue weighted by atomic mass is 79.9. The molecule has 0 aliphatic carbocycles. The molecule has 0 aliphatic rings. The summed E-state index contributed by atoms with van der Waals surface area (Å²) in [5, 5.41) is 8.35. The highest BCUT2D eigenvalue weighted by molar-refractivity contribution is 9.10. The summed E-state index contributed by atoms with van der Waals surface area (Å²) in [7, 11) is -3.64. The van der Waals surface area contributed by atoms with Crippen LogP contribution in [0.3, 0.4) is 0 Å². The molecule has 0 fully saturated rings. The van der Waals surface area contributed by atoms with Crippen LogP contribution in [0.1, 0.15) is 24.3 Å². The lowest BCUT2D eigenvalue weighted by Gasteiger charge is -2.13. The number of nitrogens with two attached hydrogens (primary N) is 1. The van der Waals surface area contributed by atoms with Gasteiger partial charge in [0, 0.05) is 6.04 Å². The molecule has 2 rings (SSSR count). The lowest BCUT2D eigenvalue weighted by Crippen LogP contribution is -2.18. The summed E-state index contributed by atoms with van der Waals surface area (Å²) >= 11 is 3.25. The maximum Gasteiger partial charge on any atom is 0.238 e. The van der Waals surface area contributed by atoms with Crippen LogP contribution in [-0.4, -0.2) is 8.42 Å². The molecule has 0 spiro atoms. The van der Waals surface area contributed by atoms with Crippen molar-refractivity contribution in [2.45, 2.75) is 24.4 Å². The maximum atomic E-state index is 11.2. The van der Waals surface area contributed by atoms with Crippen molar-refractivity contribution in [3.8, 4) is 0 Å². The smallest absolute Gasteiger partial charge is 0.238 e. The Labute approximate surface area is 126 Å². The Morgan fingerprint density at radius 1 is 1.25 bits per heavy atom. The summed E-state index contributed by atoms with van der Waals surface area (Å²) in [5.74, 6) is 0.824. The van der Waals surface area contributed by atoms with Gasteiger partial charge in [-0.25, -0.2) is 13.6 Å².